The molecule has 0 aliphatic heterocycles. The molecule has 0 aliphatic carbocycles. The van der Waals surface area contributed by atoms with Crippen LogP contribution in [0.25, 0.3) is 0 Å². The molecule has 4 nitrogen and oxygen atoms in total. The summed E-state index contributed by atoms with van der Waals surface area (Å²) in [6, 6.07) is 6.88. The van der Waals surface area contributed by atoms with E-state index in [9.17, 15) is 4.79 Å². The van der Waals surface area contributed by atoms with Crippen LogP contribution in [-0.2, 0) is 16.1 Å². The molecule has 0 bridgehead atoms. The number of benzene rings is 1. The molecule has 0 radical (unpaired) electrons. The van der Waals surface area contributed by atoms with Gasteiger partial charge < -0.3 is 15.8 Å². The van der Waals surface area contributed by atoms with Gasteiger partial charge in [0.15, 0.2) is 0 Å². The molecule has 0 saturated carbocycles. The third-order valence-corrected chi connectivity index (χ3v) is 2.79. The van der Waals surface area contributed by atoms with Gasteiger partial charge >= 0.3 is 0 Å². The number of nitrogens with two attached hydrogens (primary N) is 1. The SMILES string of the molecule is COCCCC(N)C(=O)NCc1cccc(Cl)c1. The first kappa shape index (κ1) is 15.0. The Bertz CT molecular complexity index is 385. The van der Waals surface area contributed by atoms with E-state index in [0.29, 0.717) is 24.6 Å². The summed E-state index contributed by atoms with van der Waals surface area (Å²) in [6.45, 7) is 1.06. The van der Waals surface area contributed by atoms with Crippen molar-refractivity contribution in [3.63, 3.8) is 0 Å². The molecule has 0 aromatic heterocycles. The van der Waals surface area contributed by atoms with Crippen LogP contribution in [0.5, 0.6) is 0 Å². The zero-order valence-corrected chi connectivity index (χ0v) is 11.2. The van der Waals surface area contributed by atoms with Crippen molar-refractivity contribution in [1.82, 2.24) is 5.32 Å². The number of hydrogen-bond donors (Lipinski definition) is 2. The molecule has 1 amide bonds. The fourth-order valence-corrected chi connectivity index (χ4v) is 1.76. The van der Waals surface area contributed by atoms with E-state index in [4.69, 9.17) is 22.1 Å². The minimum Gasteiger partial charge on any atom is -0.385 e. The van der Waals surface area contributed by atoms with Gasteiger partial charge in [0.05, 0.1) is 6.04 Å². The molecular weight excluding hydrogens is 252 g/mol. The van der Waals surface area contributed by atoms with E-state index >= 15 is 0 Å². The molecule has 1 aromatic rings. The molecule has 3 N–H and O–H groups in total. The summed E-state index contributed by atoms with van der Waals surface area (Å²) in [4.78, 5) is 11.7. The molecule has 0 fully saturated rings. The van der Waals surface area contributed by atoms with Gasteiger partial charge in [0.25, 0.3) is 0 Å². The normalized spacial score (nSPS) is 12.2. The summed E-state index contributed by atoms with van der Waals surface area (Å²) in [5.74, 6) is -0.147. The average Bonchev–Trinajstić information content (AvgIpc) is 2.36. The average molecular weight is 271 g/mol. The molecule has 1 unspecified atom stereocenters. The Labute approximate surface area is 112 Å². The molecule has 18 heavy (non-hydrogen) atoms. The lowest BCUT2D eigenvalue weighted by molar-refractivity contribution is -0.122. The maximum atomic E-state index is 11.7. The van der Waals surface area contributed by atoms with Crippen LogP contribution in [0.15, 0.2) is 24.3 Å². The molecule has 0 heterocycles. The van der Waals surface area contributed by atoms with Crippen LogP contribution < -0.4 is 11.1 Å². The summed E-state index contributed by atoms with van der Waals surface area (Å²) in [5, 5.41) is 3.45. The highest BCUT2D eigenvalue weighted by Crippen LogP contribution is 2.10. The van der Waals surface area contributed by atoms with Crippen LogP contribution in [0.2, 0.25) is 5.02 Å². The Balaban J connectivity index is 2.32. The molecule has 1 rings (SSSR count). The van der Waals surface area contributed by atoms with Crippen LogP contribution in [0.4, 0.5) is 0 Å². The zero-order valence-electron chi connectivity index (χ0n) is 10.5. The summed E-state index contributed by atoms with van der Waals surface area (Å²) >= 11 is 5.86. The van der Waals surface area contributed by atoms with Crippen molar-refractivity contribution in [3.8, 4) is 0 Å². The highest BCUT2D eigenvalue weighted by atomic mass is 35.5. The van der Waals surface area contributed by atoms with Crippen LogP contribution in [-0.4, -0.2) is 25.7 Å². The smallest absolute Gasteiger partial charge is 0.237 e. The largest absolute Gasteiger partial charge is 0.385 e. The van der Waals surface area contributed by atoms with E-state index in [-0.39, 0.29) is 5.91 Å². The van der Waals surface area contributed by atoms with Crippen LogP contribution in [0.1, 0.15) is 18.4 Å². The second-order valence-corrected chi connectivity index (χ2v) is 4.53. The highest BCUT2D eigenvalue weighted by molar-refractivity contribution is 6.30. The van der Waals surface area contributed by atoms with Gasteiger partial charge in [-0.2, -0.15) is 0 Å². The number of amides is 1. The second-order valence-electron chi connectivity index (χ2n) is 4.09. The van der Waals surface area contributed by atoms with Gasteiger partial charge in [0.2, 0.25) is 5.91 Å². The number of methoxy groups -OCH3 is 1. The van der Waals surface area contributed by atoms with Crippen LogP contribution in [0, 0.1) is 0 Å². The van der Waals surface area contributed by atoms with Gasteiger partial charge in [0, 0.05) is 25.3 Å². The molecule has 1 atom stereocenters. The lowest BCUT2D eigenvalue weighted by Crippen LogP contribution is -2.40. The molecule has 0 spiro atoms. The van der Waals surface area contributed by atoms with Crippen molar-refractivity contribution in [2.75, 3.05) is 13.7 Å². The topological polar surface area (TPSA) is 64.3 Å². The van der Waals surface area contributed by atoms with Gasteiger partial charge in [-0.05, 0) is 30.5 Å². The van der Waals surface area contributed by atoms with E-state index < -0.39 is 6.04 Å². The molecule has 100 valence electrons. The van der Waals surface area contributed by atoms with Crippen molar-refractivity contribution in [3.05, 3.63) is 34.9 Å². The first-order valence-corrected chi connectivity index (χ1v) is 6.28. The fraction of sp³-hybridized carbons (Fsp3) is 0.462. The predicted octanol–water partition coefficient (Wildman–Crippen LogP) is 1.71. The Morgan fingerprint density at radius 3 is 3.00 bits per heavy atom. The summed E-state index contributed by atoms with van der Waals surface area (Å²) in [6.07, 6.45) is 1.40. The van der Waals surface area contributed by atoms with Crippen molar-refractivity contribution >= 4 is 17.5 Å². The Morgan fingerprint density at radius 2 is 2.33 bits per heavy atom. The van der Waals surface area contributed by atoms with Crippen LogP contribution in [0.3, 0.4) is 0 Å². The third kappa shape index (κ3) is 5.49. The summed E-state index contributed by atoms with van der Waals surface area (Å²) in [7, 11) is 1.63. The van der Waals surface area contributed by atoms with E-state index in [1.165, 1.54) is 0 Å². The highest BCUT2D eigenvalue weighted by Gasteiger charge is 2.12. The van der Waals surface area contributed by atoms with E-state index in [1.807, 2.05) is 18.2 Å². The fourth-order valence-electron chi connectivity index (χ4n) is 1.55. The molecule has 0 aliphatic rings. The van der Waals surface area contributed by atoms with E-state index in [1.54, 1.807) is 13.2 Å². The number of ether oxygens (including phenoxy) is 1. The van der Waals surface area contributed by atoms with Gasteiger partial charge in [-0.25, -0.2) is 0 Å². The quantitative estimate of drug-likeness (QED) is 0.742. The number of nitrogens with one attached hydrogen (secondary N) is 1. The van der Waals surface area contributed by atoms with Crippen LogP contribution >= 0.6 is 11.6 Å². The standard InChI is InChI=1S/C13H19ClN2O2/c1-18-7-3-6-12(15)13(17)16-9-10-4-2-5-11(14)8-10/h2,4-5,8,12H,3,6-7,9,15H2,1H3,(H,16,17). The Morgan fingerprint density at radius 1 is 1.56 bits per heavy atom. The second kappa shape index (κ2) is 8.08. The molecular formula is C13H19ClN2O2. The monoisotopic (exact) mass is 270 g/mol. The van der Waals surface area contributed by atoms with Crippen molar-refractivity contribution < 1.29 is 9.53 Å². The summed E-state index contributed by atoms with van der Waals surface area (Å²) < 4.78 is 4.91. The maximum absolute atomic E-state index is 11.7. The van der Waals surface area contributed by atoms with E-state index in [2.05, 4.69) is 5.32 Å². The minimum atomic E-state index is -0.487. The number of rotatable bonds is 7. The van der Waals surface area contributed by atoms with Gasteiger partial charge in [-0.15, -0.1) is 0 Å². The van der Waals surface area contributed by atoms with Gasteiger partial charge in [-0.1, -0.05) is 23.7 Å². The van der Waals surface area contributed by atoms with E-state index in [0.717, 1.165) is 12.0 Å². The van der Waals surface area contributed by atoms with Crippen molar-refractivity contribution in [2.45, 2.75) is 25.4 Å². The van der Waals surface area contributed by atoms with Gasteiger partial charge in [0.1, 0.15) is 0 Å². The number of halogens is 1. The van der Waals surface area contributed by atoms with Gasteiger partial charge in [-0.3, -0.25) is 4.79 Å². The zero-order chi connectivity index (χ0) is 13.4. The number of hydrogen-bond acceptors (Lipinski definition) is 3. The third-order valence-electron chi connectivity index (χ3n) is 2.56. The lowest BCUT2D eigenvalue weighted by atomic mass is 10.1. The predicted molar refractivity (Wildman–Crippen MR) is 72.4 cm³/mol. The first-order valence-electron chi connectivity index (χ1n) is 5.90. The lowest BCUT2D eigenvalue weighted by Gasteiger charge is -2.12. The van der Waals surface area contributed by atoms with Crippen molar-refractivity contribution in [2.24, 2.45) is 5.73 Å². The molecule has 5 heteroatoms. The molecule has 1 aromatic carbocycles. The number of carbonyl (C=O) groups is 1. The Hall–Kier alpha value is -1.10. The first-order chi connectivity index (χ1) is 8.63. The number of carbonyl (C=O) groups excluding carboxylic acids is 1. The van der Waals surface area contributed by atoms with Crippen molar-refractivity contribution in [1.29, 1.82) is 0 Å². The minimum absolute atomic E-state index is 0.147. The summed E-state index contributed by atoms with van der Waals surface area (Å²) in [5.41, 5.74) is 6.72. The Kier molecular flexibility index (Phi) is 6.72. The molecule has 0 saturated heterocycles. The maximum Gasteiger partial charge on any atom is 0.237 e.